The Morgan fingerprint density at radius 1 is 1.53 bits per heavy atom. The molecule has 1 fully saturated rings. The minimum Gasteiger partial charge on any atom is -0.368 e. The lowest BCUT2D eigenvalue weighted by Gasteiger charge is -2.27. The van der Waals surface area contributed by atoms with Gasteiger partial charge in [-0.15, -0.1) is 0 Å². The van der Waals surface area contributed by atoms with E-state index in [-0.39, 0.29) is 5.91 Å². The summed E-state index contributed by atoms with van der Waals surface area (Å²) in [7, 11) is 0. The number of carbonyl (C=O) groups excluding carboxylic acids is 1. The summed E-state index contributed by atoms with van der Waals surface area (Å²) in [5.41, 5.74) is 4.97. The van der Waals surface area contributed by atoms with Crippen molar-refractivity contribution in [1.29, 1.82) is 0 Å². The van der Waals surface area contributed by atoms with Crippen molar-refractivity contribution in [2.45, 2.75) is 50.6 Å². The van der Waals surface area contributed by atoms with E-state index in [1.165, 1.54) is 12.8 Å². The zero-order valence-electron chi connectivity index (χ0n) is 9.71. The van der Waals surface area contributed by atoms with Crippen molar-refractivity contribution < 1.29 is 4.79 Å². The molecule has 1 unspecified atom stereocenters. The second-order valence-electron chi connectivity index (χ2n) is 4.56. The fourth-order valence-electron chi connectivity index (χ4n) is 1.67. The first-order chi connectivity index (χ1) is 7.08. The molecule has 0 spiro atoms. The first-order valence-electron chi connectivity index (χ1n) is 5.65. The van der Waals surface area contributed by atoms with Crippen molar-refractivity contribution in [3.05, 3.63) is 0 Å². The molecule has 0 radical (unpaired) electrons. The number of hydrogen-bond donors (Lipinski definition) is 2. The summed E-state index contributed by atoms with van der Waals surface area (Å²) in [6.45, 7) is 1.94. The normalized spacial score (nSPS) is 19.9. The molecule has 1 saturated carbocycles. The van der Waals surface area contributed by atoms with Crippen LogP contribution in [-0.2, 0) is 4.79 Å². The molecule has 1 rings (SSSR count). The van der Waals surface area contributed by atoms with Crippen molar-refractivity contribution in [3.63, 3.8) is 0 Å². The Morgan fingerprint density at radius 3 is 2.67 bits per heavy atom. The van der Waals surface area contributed by atoms with Crippen LogP contribution in [0.15, 0.2) is 0 Å². The molecule has 0 aromatic carbocycles. The van der Waals surface area contributed by atoms with Gasteiger partial charge >= 0.3 is 0 Å². The van der Waals surface area contributed by atoms with Gasteiger partial charge in [-0.25, -0.2) is 0 Å². The molecule has 1 atom stereocenters. The lowest BCUT2D eigenvalue weighted by molar-refractivity contribution is -0.124. The third kappa shape index (κ3) is 4.43. The third-order valence-corrected chi connectivity index (χ3v) is 3.62. The first kappa shape index (κ1) is 12.8. The Labute approximate surface area is 96.6 Å². The number of rotatable bonds is 8. The van der Waals surface area contributed by atoms with E-state index in [0.29, 0.717) is 6.04 Å². The largest absolute Gasteiger partial charge is 0.368 e. The van der Waals surface area contributed by atoms with Crippen LogP contribution in [0.3, 0.4) is 0 Å². The first-order valence-corrected chi connectivity index (χ1v) is 7.04. The molecule has 0 saturated heterocycles. The summed E-state index contributed by atoms with van der Waals surface area (Å²) >= 11 is 1.85. The van der Waals surface area contributed by atoms with E-state index in [0.717, 1.165) is 25.0 Å². The van der Waals surface area contributed by atoms with E-state index in [9.17, 15) is 4.79 Å². The molecule has 1 amide bonds. The van der Waals surface area contributed by atoms with E-state index in [2.05, 4.69) is 11.6 Å². The average molecular weight is 230 g/mol. The highest BCUT2D eigenvalue weighted by atomic mass is 32.2. The lowest BCUT2D eigenvalue weighted by Crippen LogP contribution is -2.53. The van der Waals surface area contributed by atoms with Crippen molar-refractivity contribution >= 4 is 17.7 Å². The van der Waals surface area contributed by atoms with Gasteiger partial charge < -0.3 is 11.1 Å². The predicted molar refractivity (Wildman–Crippen MR) is 66.0 cm³/mol. The fourth-order valence-corrected chi connectivity index (χ4v) is 2.16. The molecule has 0 bridgehead atoms. The van der Waals surface area contributed by atoms with Gasteiger partial charge in [-0.2, -0.15) is 11.8 Å². The Kier molecular flexibility index (Phi) is 4.93. The monoisotopic (exact) mass is 230 g/mol. The Hall–Kier alpha value is -0.220. The second-order valence-corrected chi connectivity index (χ2v) is 5.55. The molecule has 1 aliphatic carbocycles. The molecule has 0 aromatic rings. The van der Waals surface area contributed by atoms with Crippen LogP contribution in [0.5, 0.6) is 0 Å². The van der Waals surface area contributed by atoms with Gasteiger partial charge in [0.2, 0.25) is 5.91 Å². The van der Waals surface area contributed by atoms with Gasteiger partial charge in [0.05, 0.1) is 5.54 Å². The van der Waals surface area contributed by atoms with Gasteiger partial charge in [0, 0.05) is 6.04 Å². The predicted octanol–water partition coefficient (Wildman–Crippen LogP) is 1.52. The number of primary amides is 1. The van der Waals surface area contributed by atoms with Gasteiger partial charge in [0.25, 0.3) is 0 Å². The van der Waals surface area contributed by atoms with Crippen LogP contribution in [0.2, 0.25) is 0 Å². The van der Waals surface area contributed by atoms with Crippen LogP contribution in [-0.4, -0.2) is 29.5 Å². The quantitative estimate of drug-likeness (QED) is 0.622. The highest BCUT2D eigenvalue weighted by Crippen LogP contribution is 2.25. The molecular formula is C11H22N2OS. The second kappa shape index (κ2) is 5.75. The van der Waals surface area contributed by atoms with Gasteiger partial charge in [-0.05, 0) is 44.6 Å². The highest BCUT2D eigenvalue weighted by molar-refractivity contribution is 7.98. The maximum atomic E-state index is 11.4. The number of nitrogens with two attached hydrogens (primary N) is 1. The summed E-state index contributed by atoms with van der Waals surface area (Å²) in [6.07, 6.45) is 7.58. The smallest absolute Gasteiger partial charge is 0.237 e. The van der Waals surface area contributed by atoms with Crippen LogP contribution in [0.25, 0.3) is 0 Å². The average Bonchev–Trinajstić information content (AvgIpc) is 2.96. The fraction of sp³-hybridized carbons (Fsp3) is 0.909. The maximum absolute atomic E-state index is 11.4. The Morgan fingerprint density at radius 2 is 2.20 bits per heavy atom. The molecule has 0 aliphatic heterocycles. The number of carbonyl (C=O) groups is 1. The number of thioether (sulfide) groups is 1. The molecule has 3 nitrogen and oxygen atoms in total. The molecule has 88 valence electrons. The van der Waals surface area contributed by atoms with Crippen molar-refractivity contribution in [3.8, 4) is 0 Å². The maximum Gasteiger partial charge on any atom is 0.237 e. The number of amides is 1. The van der Waals surface area contributed by atoms with Crippen molar-refractivity contribution in [1.82, 2.24) is 5.32 Å². The van der Waals surface area contributed by atoms with E-state index < -0.39 is 5.54 Å². The molecule has 3 N–H and O–H groups in total. The number of hydrogen-bond acceptors (Lipinski definition) is 3. The molecular weight excluding hydrogens is 208 g/mol. The van der Waals surface area contributed by atoms with Crippen molar-refractivity contribution in [2.24, 2.45) is 5.73 Å². The topological polar surface area (TPSA) is 55.1 Å². The summed E-state index contributed by atoms with van der Waals surface area (Å²) in [5.74, 6) is 0.955. The van der Waals surface area contributed by atoms with Gasteiger partial charge in [-0.1, -0.05) is 6.42 Å². The lowest BCUT2D eigenvalue weighted by atomic mass is 9.94. The molecule has 0 heterocycles. The van der Waals surface area contributed by atoms with Gasteiger partial charge in [0.1, 0.15) is 0 Å². The molecule has 15 heavy (non-hydrogen) atoms. The zero-order chi connectivity index (χ0) is 11.3. The van der Waals surface area contributed by atoms with E-state index in [1.54, 1.807) is 0 Å². The van der Waals surface area contributed by atoms with Crippen LogP contribution in [0, 0.1) is 0 Å². The van der Waals surface area contributed by atoms with Crippen LogP contribution in [0.4, 0.5) is 0 Å². The minimum atomic E-state index is -0.487. The van der Waals surface area contributed by atoms with E-state index in [1.807, 2.05) is 18.7 Å². The standard InChI is InChI=1S/C11H22N2OS/c1-11(10(12)14,13-9-5-6-9)7-3-4-8-15-2/h9,13H,3-8H2,1-2H3,(H2,12,14). The van der Waals surface area contributed by atoms with Crippen molar-refractivity contribution in [2.75, 3.05) is 12.0 Å². The summed E-state index contributed by atoms with van der Waals surface area (Å²) in [6, 6.07) is 0.531. The Balaban J connectivity index is 2.31. The summed E-state index contributed by atoms with van der Waals surface area (Å²) in [5, 5.41) is 3.36. The van der Waals surface area contributed by atoms with E-state index in [4.69, 9.17) is 5.73 Å². The molecule has 0 aromatic heterocycles. The minimum absolute atomic E-state index is 0.210. The molecule has 1 aliphatic rings. The van der Waals surface area contributed by atoms with E-state index >= 15 is 0 Å². The number of unbranched alkanes of at least 4 members (excludes halogenated alkanes) is 1. The summed E-state index contributed by atoms with van der Waals surface area (Å²) < 4.78 is 0. The highest BCUT2D eigenvalue weighted by Gasteiger charge is 2.36. The van der Waals surface area contributed by atoms with Crippen LogP contribution in [0.1, 0.15) is 39.0 Å². The Bertz CT molecular complexity index is 219. The SMILES string of the molecule is CSCCCCC(C)(NC1CC1)C(N)=O. The van der Waals surface area contributed by atoms with Crippen LogP contribution < -0.4 is 11.1 Å². The number of nitrogens with one attached hydrogen (secondary N) is 1. The molecule has 4 heteroatoms. The van der Waals surface area contributed by atoms with Gasteiger partial charge in [0.15, 0.2) is 0 Å². The summed E-state index contributed by atoms with van der Waals surface area (Å²) in [4.78, 5) is 11.4. The van der Waals surface area contributed by atoms with Crippen LogP contribution >= 0.6 is 11.8 Å². The third-order valence-electron chi connectivity index (χ3n) is 2.92. The van der Waals surface area contributed by atoms with Gasteiger partial charge in [-0.3, -0.25) is 4.79 Å². The zero-order valence-corrected chi connectivity index (χ0v) is 10.5.